The van der Waals surface area contributed by atoms with Crippen LogP contribution in [0.1, 0.15) is 0 Å². The first-order chi connectivity index (χ1) is 7.41. The molecule has 1 aromatic rings. The molecule has 0 aliphatic carbocycles. The number of hydrogen-bond acceptors (Lipinski definition) is 1. The van der Waals surface area contributed by atoms with Crippen molar-refractivity contribution in [2.45, 2.75) is 0 Å². The van der Waals surface area contributed by atoms with Crippen LogP contribution >= 0.6 is 11.6 Å². The van der Waals surface area contributed by atoms with Crippen molar-refractivity contribution in [2.75, 3.05) is 0 Å². The highest BCUT2D eigenvalue weighted by Gasteiger charge is 2.11. The smallest absolute Gasteiger partial charge is 0.223 e. The highest BCUT2D eigenvalue weighted by atomic mass is 35.5. The van der Waals surface area contributed by atoms with E-state index in [2.05, 4.69) is 9.98 Å². The van der Waals surface area contributed by atoms with Gasteiger partial charge in [0.15, 0.2) is 11.8 Å². The van der Waals surface area contributed by atoms with Crippen LogP contribution in [0.3, 0.4) is 0 Å². The van der Waals surface area contributed by atoms with Crippen molar-refractivity contribution >= 4 is 29.2 Å². The molecule has 6 N–H and O–H groups in total. The maximum Gasteiger partial charge on any atom is 0.223 e. The van der Waals surface area contributed by atoms with Gasteiger partial charge in [-0.25, -0.2) is 13.8 Å². The Labute approximate surface area is 94.6 Å². The second-order valence-corrected chi connectivity index (χ2v) is 3.08. The molecule has 0 saturated heterocycles. The molecule has 0 aromatic heterocycles. The zero-order chi connectivity index (χ0) is 12.3. The summed E-state index contributed by atoms with van der Waals surface area (Å²) < 4.78 is 26.2. The predicted octanol–water partition coefficient (Wildman–Crippen LogP) is 0.838. The Kier molecular flexibility index (Phi) is 3.62. The molecule has 0 atom stereocenters. The third kappa shape index (κ3) is 2.80. The van der Waals surface area contributed by atoms with Gasteiger partial charge >= 0.3 is 0 Å². The Morgan fingerprint density at radius 1 is 1.12 bits per heavy atom. The number of hydrogen-bond donors (Lipinski definition) is 3. The first-order valence-corrected chi connectivity index (χ1v) is 4.37. The van der Waals surface area contributed by atoms with Crippen molar-refractivity contribution in [1.82, 2.24) is 0 Å². The lowest BCUT2D eigenvalue weighted by molar-refractivity contribution is 0.602. The largest absolute Gasteiger partial charge is 0.370 e. The quantitative estimate of drug-likeness (QED) is 0.389. The normalized spacial score (nSPS) is 11.3. The zero-order valence-corrected chi connectivity index (χ0v) is 8.67. The van der Waals surface area contributed by atoms with Crippen molar-refractivity contribution < 1.29 is 8.78 Å². The monoisotopic (exact) mass is 247 g/mol. The second kappa shape index (κ2) is 4.75. The fourth-order valence-electron chi connectivity index (χ4n) is 0.891. The van der Waals surface area contributed by atoms with E-state index in [0.717, 1.165) is 12.1 Å². The Balaban J connectivity index is 3.24. The lowest BCUT2D eigenvalue weighted by atomic mass is 10.3. The van der Waals surface area contributed by atoms with E-state index in [9.17, 15) is 8.78 Å². The molecule has 0 aliphatic rings. The van der Waals surface area contributed by atoms with Crippen LogP contribution in [0.4, 0.5) is 14.5 Å². The summed E-state index contributed by atoms with van der Waals surface area (Å²) in [6, 6.07) is 1.73. The molecule has 0 unspecified atom stereocenters. The van der Waals surface area contributed by atoms with E-state index in [1.807, 2.05) is 0 Å². The summed E-state index contributed by atoms with van der Waals surface area (Å²) in [6.07, 6.45) is 0. The minimum atomic E-state index is -0.833. The molecular weight excluding hydrogens is 240 g/mol. The van der Waals surface area contributed by atoms with Gasteiger partial charge in [-0.3, -0.25) is 0 Å². The van der Waals surface area contributed by atoms with Gasteiger partial charge in [-0.1, -0.05) is 11.6 Å². The molecule has 16 heavy (non-hydrogen) atoms. The highest BCUT2D eigenvalue weighted by molar-refractivity contribution is 6.33. The summed E-state index contributed by atoms with van der Waals surface area (Å²) in [5.74, 6) is -2.43. The van der Waals surface area contributed by atoms with Crippen molar-refractivity contribution in [1.29, 1.82) is 0 Å². The molecule has 0 saturated carbocycles. The van der Waals surface area contributed by atoms with Gasteiger partial charge in [0.2, 0.25) is 5.96 Å². The number of guanidine groups is 2. The van der Waals surface area contributed by atoms with E-state index >= 15 is 0 Å². The third-order valence-corrected chi connectivity index (χ3v) is 1.85. The number of halogens is 3. The molecule has 0 heterocycles. The molecular formula is C8H8ClF2N5. The third-order valence-electron chi connectivity index (χ3n) is 1.49. The SMILES string of the molecule is NC(N)=NC(N)=Nc1c(F)ccc(F)c1Cl. The average molecular weight is 248 g/mol. The van der Waals surface area contributed by atoms with Gasteiger partial charge < -0.3 is 17.2 Å². The Morgan fingerprint density at radius 3 is 2.25 bits per heavy atom. The van der Waals surface area contributed by atoms with E-state index < -0.39 is 28.3 Å². The number of nitrogens with zero attached hydrogens (tertiary/aromatic N) is 2. The molecule has 0 fully saturated rings. The second-order valence-electron chi connectivity index (χ2n) is 2.70. The number of rotatable bonds is 1. The molecule has 5 nitrogen and oxygen atoms in total. The maximum absolute atomic E-state index is 13.2. The van der Waals surface area contributed by atoms with Crippen LogP contribution in [-0.2, 0) is 0 Å². The average Bonchev–Trinajstić information content (AvgIpc) is 2.17. The fourth-order valence-corrected chi connectivity index (χ4v) is 1.09. The summed E-state index contributed by atoms with van der Waals surface area (Å²) >= 11 is 5.49. The first kappa shape index (κ1) is 12.2. The number of aliphatic imine (C=N–C) groups is 2. The molecule has 0 bridgehead atoms. The minimum Gasteiger partial charge on any atom is -0.370 e. The van der Waals surface area contributed by atoms with Gasteiger partial charge in [0.1, 0.15) is 16.5 Å². The molecule has 8 heteroatoms. The number of nitrogens with two attached hydrogens (primary N) is 3. The minimum absolute atomic E-state index is 0.353. The van der Waals surface area contributed by atoms with Crippen LogP contribution in [0.5, 0.6) is 0 Å². The Hall–Kier alpha value is -1.89. The van der Waals surface area contributed by atoms with Crippen LogP contribution in [0.2, 0.25) is 5.02 Å². The van der Waals surface area contributed by atoms with Crippen LogP contribution < -0.4 is 17.2 Å². The van der Waals surface area contributed by atoms with Gasteiger partial charge in [-0.05, 0) is 12.1 Å². The van der Waals surface area contributed by atoms with Gasteiger partial charge in [-0.15, -0.1) is 0 Å². The van der Waals surface area contributed by atoms with E-state index in [1.165, 1.54) is 0 Å². The predicted molar refractivity (Wildman–Crippen MR) is 58.5 cm³/mol. The van der Waals surface area contributed by atoms with E-state index in [0.29, 0.717) is 0 Å². The fraction of sp³-hybridized carbons (Fsp3) is 0. The molecule has 1 rings (SSSR count). The lowest BCUT2D eigenvalue weighted by Gasteiger charge is -2.01. The number of benzene rings is 1. The van der Waals surface area contributed by atoms with Gasteiger partial charge in [0.05, 0.1) is 0 Å². The maximum atomic E-state index is 13.2. The van der Waals surface area contributed by atoms with Crippen LogP contribution in [-0.4, -0.2) is 11.9 Å². The van der Waals surface area contributed by atoms with Crippen molar-refractivity contribution in [3.05, 3.63) is 28.8 Å². The summed E-state index contributed by atoms with van der Waals surface area (Å²) in [5.41, 5.74) is 14.8. The Morgan fingerprint density at radius 2 is 1.69 bits per heavy atom. The van der Waals surface area contributed by atoms with Crippen LogP contribution in [0, 0.1) is 11.6 Å². The summed E-state index contributed by atoms with van der Waals surface area (Å²) in [4.78, 5) is 6.80. The summed E-state index contributed by atoms with van der Waals surface area (Å²) in [6.45, 7) is 0. The van der Waals surface area contributed by atoms with Gasteiger partial charge in [0.25, 0.3) is 0 Å². The molecule has 86 valence electrons. The van der Waals surface area contributed by atoms with Gasteiger partial charge in [-0.2, -0.15) is 4.99 Å². The van der Waals surface area contributed by atoms with Gasteiger partial charge in [0, 0.05) is 0 Å². The van der Waals surface area contributed by atoms with E-state index in [1.54, 1.807) is 0 Å². The molecule has 1 aromatic carbocycles. The lowest BCUT2D eigenvalue weighted by Crippen LogP contribution is -2.26. The topological polar surface area (TPSA) is 103 Å². The van der Waals surface area contributed by atoms with Crippen molar-refractivity contribution in [3.63, 3.8) is 0 Å². The van der Waals surface area contributed by atoms with E-state index in [-0.39, 0.29) is 5.96 Å². The zero-order valence-electron chi connectivity index (χ0n) is 7.92. The van der Waals surface area contributed by atoms with Crippen molar-refractivity contribution in [2.24, 2.45) is 27.2 Å². The van der Waals surface area contributed by atoms with Crippen LogP contribution in [0.25, 0.3) is 0 Å². The Bertz CT molecular complexity index is 468. The standard InChI is InChI=1S/C8H8ClF2N5/c9-5-3(10)1-2-4(11)6(5)15-8(14)16-7(12)13/h1-2H,(H6,12,13,14,15,16). The molecule has 0 amide bonds. The van der Waals surface area contributed by atoms with Crippen molar-refractivity contribution in [3.8, 4) is 0 Å². The highest BCUT2D eigenvalue weighted by Crippen LogP contribution is 2.30. The summed E-state index contributed by atoms with van der Waals surface area (Å²) in [5, 5.41) is -0.492. The summed E-state index contributed by atoms with van der Waals surface area (Å²) in [7, 11) is 0. The van der Waals surface area contributed by atoms with Crippen LogP contribution in [0.15, 0.2) is 22.1 Å². The van der Waals surface area contributed by atoms with E-state index in [4.69, 9.17) is 28.8 Å². The first-order valence-electron chi connectivity index (χ1n) is 3.99. The molecule has 0 spiro atoms. The molecule has 0 radical (unpaired) electrons. The molecule has 0 aliphatic heterocycles.